The maximum Gasteiger partial charge on any atom is 0.240 e. The Morgan fingerprint density at radius 3 is 2.81 bits per heavy atom. The van der Waals surface area contributed by atoms with E-state index in [1.807, 2.05) is 41.8 Å². The number of aryl methyl sites for hydroxylation is 1. The number of hydrogen-bond acceptors (Lipinski definition) is 5. The van der Waals surface area contributed by atoms with Crippen LogP contribution in [-0.2, 0) is 17.9 Å². The van der Waals surface area contributed by atoms with Crippen molar-refractivity contribution in [3.63, 3.8) is 0 Å². The predicted octanol–water partition coefficient (Wildman–Crippen LogP) is 2.44. The van der Waals surface area contributed by atoms with Crippen LogP contribution in [0.1, 0.15) is 30.7 Å². The summed E-state index contributed by atoms with van der Waals surface area (Å²) in [5.74, 6) is 0.716. The maximum absolute atomic E-state index is 12.4. The number of nitrogens with one attached hydrogen (secondary N) is 1. The Morgan fingerprint density at radius 1 is 1.15 bits per heavy atom. The number of fused-ring (bicyclic) bond motifs is 1. The number of rotatable bonds is 5. The first kappa shape index (κ1) is 17.5. The van der Waals surface area contributed by atoms with E-state index in [1.54, 1.807) is 6.33 Å². The number of aromatic nitrogens is 4. The SMILES string of the molecule is Cc1cc(CNC(=O)Cn2cnc3ccccc32)nc(N2CCCCC2)n1. The van der Waals surface area contributed by atoms with E-state index in [0.717, 1.165) is 41.5 Å². The normalized spacial score (nSPS) is 14.5. The minimum Gasteiger partial charge on any atom is -0.349 e. The van der Waals surface area contributed by atoms with Crippen molar-refractivity contribution in [2.75, 3.05) is 18.0 Å². The number of imidazole rings is 1. The summed E-state index contributed by atoms with van der Waals surface area (Å²) in [6, 6.07) is 9.73. The van der Waals surface area contributed by atoms with Gasteiger partial charge in [0.25, 0.3) is 0 Å². The van der Waals surface area contributed by atoms with Gasteiger partial charge in [-0.3, -0.25) is 4.79 Å². The van der Waals surface area contributed by atoms with Crippen molar-refractivity contribution >= 4 is 22.9 Å². The molecule has 1 fully saturated rings. The highest BCUT2D eigenvalue weighted by Gasteiger charge is 2.15. The second kappa shape index (κ2) is 7.73. The summed E-state index contributed by atoms with van der Waals surface area (Å²) in [7, 11) is 0. The van der Waals surface area contributed by atoms with E-state index in [1.165, 1.54) is 19.3 Å². The van der Waals surface area contributed by atoms with Crippen LogP contribution in [0.15, 0.2) is 36.7 Å². The van der Waals surface area contributed by atoms with E-state index in [-0.39, 0.29) is 12.5 Å². The third kappa shape index (κ3) is 4.07. The summed E-state index contributed by atoms with van der Waals surface area (Å²) >= 11 is 0. The lowest BCUT2D eigenvalue weighted by Crippen LogP contribution is -2.32. The Kier molecular flexibility index (Phi) is 5.00. The standard InChI is InChI=1S/C20H24N6O/c1-15-11-16(24-20(23-15)25-9-5-2-6-10-25)12-21-19(27)13-26-14-22-17-7-3-4-8-18(17)26/h3-4,7-8,11,14H,2,5-6,9-10,12-13H2,1H3,(H,21,27). The number of hydrogen-bond donors (Lipinski definition) is 1. The van der Waals surface area contributed by atoms with E-state index in [9.17, 15) is 4.79 Å². The van der Waals surface area contributed by atoms with Crippen molar-refractivity contribution in [2.45, 2.75) is 39.3 Å². The van der Waals surface area contributed by atoms with Gasteiger partial charge in [-0.1, -0.05) is 12.1 Å². The molecule has 0 radical (unpaired) electrons. The first-order valence-electron chi connectivity index (χ1n) is 9.45. The molecule has 0 aliphatic carbocycles. The van der Waals surface area contributed by atoms with Gasteiger partial charge in [-0.15, -0.1) is 0 Å². The first-order valence-corrected chi connectivity index (χ1v) is 9.45. The zero-order valence-electron chi connectivity index (χ0n) is 15.6. The van der Waals surface area contributed by atoms with Crippen LogP contribution in [0.3, 0.4) is 0 Å². The first-order chi connectivity index (χ1) is 13.2. The number of amides is 1. The predicted molar refractivity (Wildman–Crippen MR) is 104 cm³/mol. The molecule has 3 aromatic rings. The third-order valence-electron chi connectivity index (χ3n) is 4.84. The van der Waals surface area contributed by atoms with Gasteiger partial charge < -0.3 is 14.8 Å². The van der Waals surface area contributed by atoms with Crippen LogP contribution >= 0.6 is 0 Å². The van der Waals surface area contributed by atoms with E-state index >= 15 is 0 Å². The van der Waals surface area contributed by atoms with Crippen molar-refractivity contribution in [1.29, 1.82) is 0 Å². The largest absolute Gasteiger partial charge is 0.349 e. The zero-order chi connectivity index (χ0) is 18.6. The highest BCUT2D eigenvalue weighted by Crippen LogP contribution is 2.17. The summed E-state index contributed by atoms with van der Waals surface area (Å²) in [4.78, 5) is 28.2. The second-order valence-corrected chi connectivity index (χ2v) is 6.99. The highest BCUT2D eigenvalue weighted by molar-refractivity contribution is 5.80. The number of benzene rings is 1. The molecule has 3 heterocycles. The molecule has 1 amide bonds. The number of anilines is 1. The van der Waals surface area contributed by atoms with Gasteiger partial charge in [-0.2, -0.15) is 0 Å². The molecule has 1 N–H and O–H groups in total. The van der Waals surface area contributed by atoms with Gasteiger partial charge in [-0.05, 0) is 44.4 Å². The quantitative estimate of drug-likeness (QED) is 0.753. The molecule has 0 bridgehead atoms. The molecule has 0 unspecified atom stereocenters. The van der Waals surface area contributed by atoms with Crippen molar-refractivity contribution in [3.05, 3.63) is 48.0 Å². The van der Waals surface area contributed by atoms with Crippen LogP contribution in [0.4, 0.5) is 5.95 Å². The van der Waals surface area contributed by atoms with Crippen LogP contribution in [-0.4, -0.2) is 38.5 Å². The molecule has 4 rings (SSSR count). The number of carbonyl (C=O) groups is 1. The highest BCUT2D eigenvalue weighted by atomic mass is 16.1. The van der Waals surface area contributed by atoms with Crippen LogP contribution < -0.4 is 10.2 Å². The Hall–Kier alpha value is -2.96. The molecule has 1 saturated heterocycles. The topological polar surface area (TPSA) is 75.9 Å². The molecule has 7 nitrogen and oxygen atoms in total. The van der Waals surface area contributed by atoms with Crippen LogP contribution in [0.2, 0.25) is 0 Å². The van der Waals surface area contributed by atoms with Gasteiger partial charge in [0, 0.05) is 18.8 Å². The van der Waals surface area contributed by atoms with E-state index < -0.39 is 0 Å². The van der Waals surface area contributed by atoms with Crippen LogP contribution in [0, 0.1) is 6.92 Å². The third-order valence-corrected chi connectivity index (χ3v) is 4.84. The fourth-order valence-corrected chi connectivity index (χ4v) is 3.48. The molecule has 140 valence electrons. The van der Waals surface area contributed by atoms with Crippen molar-refractivity contribution in [3.8, 4) is 0 Å². The molecule has 0 spiro atoms. The van der Waals surface area contributed by atoms with Gasteiger partial charge >= 0.3 is 0 Å². The number of carbonyl (C=O) groups excluding carboxylic acids is 1. The fraction of sp³-hybridized carbons (Fsp3) is 0.400. The van der Waals surface area contributed by atoms with Gasteiger partial charge in [0.2, 0.25) is 11.9 Å². The molecule has 1 aromatic carbocycles. The van der Waals surface area contributed by atoms with E-state index in [0.29, 0.717) is 6.54 Å². The monoisotopic (exact) mass is 364 g/mol. The summed E-state index contributed by atoms with van der Waals surface area (Å²) in [5.41, 5.74) is 3.61. The molecule has 27 heavy (non-hydrogen) atoms. The van der Waals surface area contributed by atoms with Crippen molar-refractivity contribution < 1.29 is 4.79 Å². The average molecular weight is 364 g/mol. The van der Waals surface area contributed by atoms with Gasteiger partial charge in [0.15, 0.2) is 0 Å². The molecular formula is C20H24N6O. The molecular weight excluding hydrogens is 340 g/mol. The minimum absolute atomic E-state index is 0.0612. The summed E-state index contributed by atoms with van der Waals surface area (Å²) in [5, 5.41) is 2.96. The second-order valence-electron chi connectivity index (χ2n) is 6.99. The lowest BCUT2D eigenvalue weighted by Gasteiger charge is -2.27. The van der Waals surface area contributed by atoms with Crippen LogP contribution in [0.25, 0.3) is 11.0 Å². The Bertz CT molecular complexity index is 945. The van der Waals surface area contributed by atoms with E-state index in [4.69, 9.17) is 0 Å². The maximum atomic E-state index is 12.4. The number of para-hydroxylation sites is 2. The fourth-order valence-electron chi connectivity index (χ4n) is 3.48. The number of piperidine rings is 1. The Morgan fingerprint density at radius 2 is 1.96 bits per heavy atom. The summed E-state index contributed by atoms with van der Waals surface area (Å²) < 4.78 is 1.86. The Labute approximate surface area is 158 Å². The lowest BCUT2D eigenvalue weighted by atomic mass is 10.1. The summed E-state index contributed by atoms with van der Waals surface area (Å²) in [6.07, 6.45) is 5.34. The van der Waals surface area contributed by atoms with Gasteiger partial charge in [0.1, 0.15) is 6.54 Å². The van der Waals surface area contributed by atoms with Gasteiger partial charge in [-0.25, -0.2) is 15.0 Å². The Balaban J connectivity index is 1.40. The van der Waals surface area contributed by atoms with E-state index in [2.05, 4.69) is 25.2 Å². The zero-order valence-corrected chi connectivity index (χ0v) is 15.6. The molecule has 2 aromatic heterocycles. The molecule has 0 atom stereocenters. The molecule has 7 heteroatoms. The lowest BCUT2D eigenvalue weighted by molar-refractivity contribution is -0.121. The van der Waals surface area contributed by atoms with Crippen LogP contribution in [0.5, 0.6) is 0 Å². The van der Waals surface area contributed by atoms with Crippen molar-refractivity contribution in [2.24, 2.45) is 0 Å². The van der Waals surface area contributed by atoms with Crippen molar-refractivity contribution in [1.82, 2.24) is 24.8 Å². The number of nitrogens with zero attached hydrogens (tertiary/aromatic N) is 5. The minimum atomic E-state index is -0.0612. The molecule has 0 saturated carbocycles. The average Bonchev–Trinajstić information content (AvgIpc) is 3.10. The smallest absolute Gasteiger partial charge is 0.240 e. The summed E-state index contributed by atoms with van der Waals surface area (Å²) in [6.45, 7) is 4.61. The van der Waals surface area contributed by atoms with Gasteiger partial charge in [0.05, 0.1) is 29.6 Å². The molecule has 1 aliphatic rings. The molecule has 1 aliphatic heterocycles.